The van der Waals surface area contributed by atoms with E-state index in [0.29, 0.717) is 34.0 Å². The van der Waals surface area contributed by atoms with Crippen LogP contribution in [0, 0.1) is 0 Å². The van der Waals surface area contributed by atoms with Crippen molar-refractivity contribution in [3.63, 3.8) is 0 Å². The van der Waals surface area contributed by atoms with E-state index in [9.17, 15) is 0 Å². The molecule has 0 fully saturated rings. The first-order valence-corrected chi connectivity index (χ1v) is 19.1. The zero-order chi connectivity index (χ0) is 41.5. The van der Waals surface area contributed by atoms with Crippen LogP contribution in [0.3, 0.4) is 0 Å². The molecule has 12 rings (SSSR count). The van der Waals surface area contributed by atoms with Gasteiger partial charge < -0.3 is 9.47 Å². The van der Waals surface area contributed by atoms with Gasteiger partial charge in [0.2, 0.25) is 5.95 Å². The van der Waals surface area contributed by atoms with Crippen molar-refractivity contribution in [2.24, 2.45) is 0 Å². The highest BCUT2D eigenvalue weighted by molar-refractivity contribution is 6.11. The summed E-state index contributed by atoms with van der Waals surface area (Å²) in [5.74, 6) is 4.08. The number of hydrogen-bond acceptors (Lipinski definition) is 6. The standard InChI is InChI=1S/C50H31N7O2/c1-3-12-42-36(10-1)38-20-16-32(28-44(38)55(42)48-14-5-7-24-51-48)58-34-18-22-40-41-23-19-35(31-47(41)57(46(40)30-34)50-53-26-9-27-54-50)59-33-17-21-39-37-11-2-4-13-43(37)56(45(39)29-33)49-15-6-8-25-52-49/h1-31H/i9D,26D,27D. The van der Waals surface area contributed by atoms with E-state index in [-0.39, 0.29) is 24.3 Å². The smallest absolute Gasteiger partial charge is 0.234 e. The average molecular weight is 765 g/mol. The summed E-state index contributed by atoms with van der Waals surface area (Å²) in [6.45, 7) is 0. The fraction of sp³-hybridized carbons (Fsp3) is 0. The van der Waals surface area contributed by atoms with Crippen molar-refractivity contribution in [1.29, 1.82) is 0 Å². The Labute approximate surface area is 340 Å². The van der Waals surface area contributed by atoms with Crippen LogP contribution in [0.25, 0.3) is 83.0 Å². The molecular formula is C50H31N7O2. The molecule has 0 atom stereocenters. The molecule has 0 amide bonds. The lowest BCUT2D eigenvalue weighted by atomic mass is 10.1. The number of aromatic nitrogens is 7. The Hall–Kier alpha value is -8.30. The molecule has 6 aromatic carbocycles. The molecule has 9 heteroatoms. The van der Waals surface area contributed by atoms with Crippen molar-refractivity contribution in [3.05, 3.63) is 189 Å². The van der Waals surface area contributed by atoms with Gasteiger partial charge in [0.1, 0.15) is 34.6 Å². The van der Waals surface area contributed by atoms with Crippen molar-refractivity contribution in [3.8, 4) is 40.6 Å². The average Bonchev–Trinajstić information content (AvgIpc) is 3.93. The molecule has 0 unspecified atom stereocenters. The molecule has 0 saturated heterocycles. The minimum Gasteiger partial charge on any atom is -0.457 e. The zero-order valence-electron chi connectivity index (χ0n) is 34.1. The van der Waals surface area contributed by atoms with E-state index in [4.69, 9.17) is 13.6 Å². The lowest BCUT2D eigenvalue weighted by Gasteiger charge is -2.10. The van der Waals surface area contributed by atoms with Gasteiger partial charge in [-0.1, -0.05) is 48.5 Å². The summed E-state index contributed by atoms with van der Waals surface area (Å²) in [5, 5.41) is 6.14. The fourth-order valence-corrected chi connectivity index (χ4v) is 8.39. The van der Waals surface area contributed by atoms with Gasteiger partial charge in [-0.3, -0.25) is 13.7 Å². The Balaban J connectivity index is 0.979. The van der Waals surface area contributed by atoms with Gasteiger partial charge in [-0.15, -0.1) is 0 Å². The highest BCUT2D eigenvalue weighted by Crippen LogP contribution is 2.40. The highest BCUT2D eigenvalue weighted by atomic mass is 16.5. The van der Waals surface area contributed by atoms with E-state index in [2.05, 4.69) is 65.5 Å². The summed E-state index contributed by atoms with van der Waals surface area (Å²) in [7, 11) is 0. The maximum Gasteiger partial charge on any atom is 0.234 e. The Morgan fingerprint density at radius 1 is 0.356 bits per heavy atom. The Bertz CT molecular complexity index is 3510. The summed E-state index contributed by atoms with van der Waals surface area (Å²) < 4.78 is 44.4. The Kier molecular flexibility index (Phi) is 6.66. The van der Waals surface area contributed by atoms with Gasteiger partial charge in [-0.2, -0.15) is 0 Å². The van der Waals surface area contributed by atoms with Crippen LogP contribution >= 0.6 is 0 Å². The van der Waals surface area contributed by atoms with E-state index < -0.39 is 0 Å². The molecule has 0 bridgehead atoms. The van der Waals surface area contributed by atoms with Crippen LogP contribution in [-0.2, 0) is 0 Å². The SMILES string of the molecule is [2H]c1nc(-n2c3cc(Oc4ccc5c6ccccc6n(-c6ccccn6)c5c4)ccc3c3ccc(Oc4ccc5c6ccccc6n(-c6ccccn6)c5c4)cc32)nc([2H])c1[2H]. The van der Waals surface area contributed by atoms with Gasteiger partial charge >= 0.3 is 0 Å². The van der Waals surface area contributed by atoms with Crippen LogP contribution < -0.4 is 9.47 Å². The molecule has 9 nitrogen and oxygen atoms in total. The molecule has 0 aliphatic heterocycles. The highest BCUT2D eigenvalue weighted by Gasteiger charge is 2.19. The normalized spacial score (nSPS) is 12.4. The minimum absolute atomic E-state index is 0.0906. The third-order valence-corrected chi connectivity index (χ3v) is 10.9. The minimum atomic E-state index is -0.348. The fourth-order valence-electron chi connectivity index (χ4n) is 8.39. The van der Waals surface area contributed by atoms with Gasteiger partial charge in [-0.25, -0.2) is 19.9 Å². The van der Waals surface area contributed by atoms with Gasteiger partial charge in [0.15, 0.2) is 0 Å². The van der Waals surface area contributed by atoms with Crippen molar-refractivity contribution in [1.82, 2.24) is 33.6 Å². The van der Waals surface area contributed by atoms with E-state index in [1.165, 1.54) is 0 Å². The molecular weight excluding hydrogens is 731 g/mol. The molecule has 0 aliphatic rings. The number of pyridine rings is 2. The summed E-state index contributed by atoms with van der Waals surface area (Å²) in [5.41, 5.74) is 5.38. The van der Waals surface area contributed by atoms with Crippen LogP contribution in [-0.4, -0.2) is 33.6 Å². The number of hydrogen-bond donors (Lipinski definition) is 0. The summed E-state index contributed by atoms with van der Waals surface area (Å²) in [6.07, 6.45) is 2.89. The van der Waals surface area contributed by atoms with Crippen molar-refractivity contribution >= 4 is 65.4 Å². The van der Waals surface area contributed by atoms with E-state index >= 15 is 0 Å². The first-order valence-electron chi connectivity index (χ1n) is 20.6. The quantitative estimate of drug-likeness (QED) is 0.161. The number of para-hydroxylation sites is 2. The molecule has 0 N–H and O–H groups in total. The summed E-state index contributed by atoms with van der Waals surface area (Å²) >= 11 is 0. The van der Waals surface area contributed by atoms with Crippen LogP contribution in [0.1, 0.15) is 4.11 Å². The van der Waals surface area contributed by atoms with Crippen LogP contribution in [0.2, 0.25) is 0 Å². The maximum atomic E-state index is 8.44. The Morgan fingerprint density at radius 3 is 1.14 bits per heavy atom. The number of rotatable bonds is 7. The van der Waals surface area contributed by atoms with Crippen LogP contribution in [0.5, 0.6) is 23.0 Å². The predicted molar refractivity (Wildman–Crippen MR) is 234 cm³/mol. The molecule has 0 spiro atoms. The molecule has 12 aromatic rings. The van der Waals surface area contributed by atoms with Crippen molar-refractivity contribution in [2.75, 3.05) is 0 Å². The second kappa shape index (κ2) is 13.1. The third kappa shape index (κ3) is 5.33. The molecule has 278 valence electrons. The van der Waals surface area contributed by atoms with E-state index in [1.807, 2.05) is 121 Å². The largest absolute Gasteiger partial charge is 0.457 e. The van der Waals surface area contributed by atoms with E-state index in [0.717, 1.165) is 66.0 Å². The third-order valence-electron chi connectivity index (χ3n) is 10.9. The Morgan fingerprint density at radius 2 is 0.729 bits per heavy atom. The number of benzene rings is 6. The predicted octanol–water partition coefficient (Wildman–Crippen LogP) is 12.1. The van der Waals surface area contributed by atoms with E-state index in [1.54, 1.807) is 17.0 Å². The van der Waals surface area contributed by atoms with Crippen molar-refractivity contribution < 1.29 is 13.6 Å². The molecule has 6 heterocycles. The van der Waals surface area contributed by atoms with Crippen LogP contribution in [0.4, 0.5) is 0 Å². The van der Waals surface area contributed by atoms with Gasteiger partial charge in [0.25, 0.3) is 0 Å². The second-order valence-electron chi connectivity index (χ2n) is 14.2. The maximum absolute atomic E-state index is 8.44. The number of fused-ring (bicyclic) bond motifs is 9. The van der Waals surface area contributed by atoms with Crippen molar-refractivity contribution in [2.45, 2.75) is 0 Å². The van der Waals surface area contributed by atoms with Gasteiger partial charge in [0, 0.05) is 81.3 Å². The topological polar surface area (TPSA) is 84.8 Å². The molecule has 6 aromatic heterocycles. The summed E-state index contributed by atoms with van der Waals surface area (Å²) in [6, 6.07) is 51.7. The molecule has 0 saturated carbocycles. The monoisotopic (exact) mass is 764 g/mol. The molecule has 0 aliphatic carbocycles. The lowest BCUT2D eigenvalue weighted by Crippen LogP contribution is -2.00. The van der Waals surface area contributed by atoms with Gasteiger partial charge in [0.05, 0.1) is 37.2 Å². The first-order chi connectivity index (χ1) is 30.5. The van der Waals surface area contributed by atoms with Crippen LogP contribution in [0.15, 0.2) is 189 Å². The zero-order valence-corrected chi connectivity index (χ0v) is 31.1. The molecule has 0 radical (unpaired) electrons. The second-order valence-corrected chi connectivity index (χ2v) is 14.2. The lowest BCUT2D eigenvalue weighted by molar-refractivity contribution is 0.484. The first kappa shape index (κ1) is 29.9. The summed E-state index contributed by atoms with van der Waals surface area (Å²) in [4.78, 5) is 18.1. The number of ether oxygens (including phenoxy) is 2. The molecule has 59 heavy (non-hydrogen) atoms. The van der Waals surface area contributed by atoms with Gasteiger partial charge in [-0.05, 0) is 91.0 Å². The number of nitrogens with zero attached hydrogens (tertiary/aromatic N) is 7.